The van der Waals surface area contributed by atoms with Crippen LogP contribution in [0.4, 0.5) is 13.2 Å². The van der Waals surface area contributed by atoms with Crippen molar-refractivity contribution in [2.24, 2.45) is 17.8 Å². The van der Waals surface area contributed by atoms with Gasteiger partial charge in [0.2, 0.25) is 0 Å². The zero-order valence-electron chi connectivity index (χ0n) is 18.7. The quantitative estimate of drug-likeness (QED) is 0.320. The molecule has 2 aromatic rings. The molecule has 4 nitrogen and oxygen atoms in total. The van der Waals surface area contributed by atoms with Crippen molar-refractivity contribution in [1.29, 1.82) is 0 Å². The molecule has 9 heteroatoms. The Hall–Kier alpha value is -2.10. The molecule has 0 aliphatic heterocycles. The number of benzene rings is 2. The van der Waals surface area contributed by atoms with Crippen molar-refractivity contribution in [3.05, 3.63) is 72.5 Å². The van der Waals surface area contributed by atoms with Crippen LogP contribution in [0.3, 0.4) is 0 Å². The van der Waals surface area contributed by atoms with Gasteiger partial charge < -0.3 is 8.61 Å². The Labute approximate surface area is 193 Å². The molecule has 0 saturated heterocycles. The van der Waals surface area contributed by atoms with Gasteiger partial charge in [-0.25, -0.2) is 0 Å². The van der Waals surface area contributed by atoms with E-state index in [1.807, 2.05) is 36.4 Å². The molecule has 0 unspecified atom stereocenters. The smallest absolute Gasteiger partial charge is 0.407 e. The standard InChI is InChI=1S/C24H27F3O4SSi/c1-23(2,3)33(17-10-6-4-7-11-17,18-12-8-5-9-13-18)30-16-20-19-14-15-21(22(19)20)31-32(28,29)24(25,26)27/h4-13,15,19-20,22H,14,16H2,1-3H3/t19-,20+,22-/m0/s1. The molecule has 0 spiro atoms. The van der Waals surface area contributed by atoms with Gasteiger partial charge in [-0.15, -0.1) is 0 Å². The summed E-state index contributed by atoms with van der Waals surface area (Å²) in [4.78, 5) is 0. The average molecular weight is 497 g/mol. The second-order valence-electron chi connectivity index (χ2n) is 9.65. The SMILES string of the molecule is CC(C)(C)[Si](OC[C@@H]1[C@@H]2CC=C(OS(=O)(=O)C(F)(F)F)[C@H]12)(c1ccccc1)c1ccccc1. The van der Waals surface area contributed by atoms with Crippen molar-refractivity contribution in [1.82, 2.24) is 0 Å². The predicted molar refractivity (Wildman–Crippen MR) is 123 cm³/mol. The third-order valence-electron chi connectivity index (χ3n) is 6.65. The Morgan fingerprint density at radius 1 is 0.939 bits per heavy atom. The Balaban J connectivity index is 1.60. The summed E-state index contributed by atoms with van der Waals surface area (Å²) in [6.45, 7) is 6.78. The molecule has 0 aromatic heterocycles. The number of hydrogen-bond acceptors (Lipinski definition) is 4. The van der Waals surface area contributed by atoms with Gasteiger partial charge in [-0.1, -0.05) is 81.4 Å². The molecule has 0 radical (unpaired) electrons. The highest BCUT2D eigenvalue weighted by atomic mass is 32.2. The summed E-state index contributed by atoms with van der Waals surface area (Å²) in [6, 6.07) is 20.1. The fourth-order valence-electron chi connectivity index (χ4n) is 5.05. The lowest BCUT2D eigenvalue weighted by atomic mass is 10.2. The van der Waals surface area contributed by atoms with Crippen LogP contribution in [0, 0.1) is 17.8 Å². The van der Waals surface area contributed by atoms with Crippen molar-refractivity contribution in [2.75, 3.05) is 6.61 Å². The van der Waals surface area contributed by atoms with Gasteiger partial charge in [-0.3, -0.25) is 0 Å². The van der Waals surface area contributed by atoms with E-state index < -0.39 is 23.9 Å². The maximum absolute atomic E-state index is 12.8. The molecule has 3 atom stereocenters. The summed E-state index contributed by atoms with van der Waals surface area (Å²) >= 11 is 0. The summed E-state index contributed by atoms with van der Waals surface area (Å²) in [5.41, 5.74) is -5.44. The first-order chi connectivity index (χ1) is 15.4. The van der Waals surface area contributed by atoms with Gasteiger partial charge in [0.25, 0.3) is 8.32 Å². The fourth-order valence-corrected chi connectivity index (χ4v) is 10.2. The average Bonchev–Trinajstić information content (AvgIpc) is 3.28. The summed E-state index contributed by atoms with van der Waals surface area (Å²) in [5.74, 6) is -0.495. The van der Waals surface area contributed by atoms with E-state index in [0.717, 1.165) is 10.4 Å². The Morgan fingerprint density at radius 3 is 1.91 bits per heavy atom. The van der Waals surface area contributed by atoms with Gasteiger partial charge in [0.1, 0.15) is 5.76 Å². The first-order valence-corrected chi connectivity index (χ1v) is 14.2. The Kier molecular flexibility index (Phi) is 6.03. The topological polar surface area (TPSA) is 52.6 Å². The van der Waals surface area contributed by atoms with E-state index in [0.29, 0.717) is 13.0 Å². The van der Waals surface area contributed by atoms with Crippen LogP contribution >= 0.6 is 0 Å². The lowest BCUT2D eigenvalue weighted by Gasteiger charge is -2.43. The van der Waals surface area contributed by atoms with Crippen LogP contribution in [0.15, 0.2) is 72.5 Å². The van der Waals surface area contributed by atoms with Crippen molar-refractivity contribution in [3.63, 3.8) is 0 Å². The fraction of sp³-hybridized carbons (Fsp3) is 0.417. The van der Waals surface area contributed by atoms with E-state index in [4.69, 9.17) is 4.43 Å². The molecule has 0 amide bonds. The lowest BCUT2D eigenvalue weighted by molar-refractivity contribution is -0.0524. The van der Waals surface area contributed by atoms with Crippen molar-refractivity contribution in [2.45, 2.75) is 37.7 Å². The molecular weight excluding hydrogens is 469 g/mol. The predicted octanol–water partition coefficient (Wildman–Crippen LogP) is 4.58. The van der Waals surface area contributed by atoms with Gasteiger partial charge >= 0.3 is 15.6 Å². The monoisotopic (exact) mass is 496 g/mol. The van der Waals surface area contributed by atoms with Crippen molar-refractivity contribution < 1.29 is 30.2 Å². The second kappa shape index (κ2) is 8.28. The molecule has 0 heterocycles. The highest BCUT2D eigenvalue weighted by molar-refractivity contribution is 7.87. The van der Waals surface area contributed by atoms with Gasteiger partial charge in [0.15, 0.2) is 0 Å². The van der Waals surface area contributed by atoms with E-state index in [2.05, 4.69) is 49.2 Å². The number of fused-ring (bicyclic) bond motifs is 1. The minimum atomic E-state index is -5.66. The molecule has 1 saturated carbocycles. The van der Waals surface area contributed by atoms with Gasteiger partial charge in [0, 0.05) is 12.5 Å². The summed E-state index contributed by atoms with van der Waals surface area (Å²) in [5, 5.41) is 2.00. The van der Waals surface area contributed by atoms with Crippen molar-refractivity contribution >= 4 is 28.8 Å². The third kappa shape index (κ3) is 4.26. The zero-order valence-corrected chi connectivity index (χ0v) is 20.5. The van der Waals surface area contributed by atoms with Gasteiger partial charge in [0.05, 0.1) is 0 Å². The van der Waals surface area contributed by atoms with Crippen LogP contribution < -0.4 is 10.4 Å². The van der Waals surface area contributed by atoms with Crippen molar-refractivity contribution in [3.8, 4) is 0 Å². The third-order valence-corrected chi connectivity index (χ3v) is 12.6. The molecular formula is C24H27F3O4SSi. The van der Waals surface area contributed by atoms with Crippen LogP contribution in [0.5, 0.6) is 0 Å². The summed E-state index contributed by atoms with van der Waals surface area (Å²) < 4.78 is 72.6. The number of hydrogen-bond donors (Lipinski definition) is 0. The molecule has 2 aliphatic carbocycles. The van der Waals surface area contributed by atoms with E-state index in [1.54, 1.807) is 0 Å². The molecule has 4 rings (SSSR count). The lowest BCUT2D eigenvalue weighted by Crippen LogP contribution is -2.66. The zero-order chi connectivity index (χ0) is 24.1. The largest absolute Gasteiger partial charge is 0.534 e. The molecule has 33 heavy (non-hydrogen) atoms. The molecule has 1 fully saturated rings. The van der Waals surface area contributed by atoms with E-state index in [1.165, 1.54) is 6.08 Å². The summed E-state index contributed by atoms with van der Waals surface area (Å²) in [7, 11) is -8.44. The van der Waals surface area contributed by atoms with E-state index in [-0.39, 0.29) is 28.6 Å². The van der Waals surface area contributed by atoms with E-state index >= 15 is 0 Å². The van der Waals surface area contributed by atoms with Gasteiger partial charge in [-0.05, 0) is 39.7 Å². The maximum Gasteiger partial charge on any atom is 0.534 e. The first kappa shape index (κ1) is 24.0. The molecule has 2 aromatic carbocycles. The highest BCUT2D eigenvalue weighted by Crippen LogP contribution is 2.59. The minimum absolute atomic E-state index is 0.0432. The van der Waals surface area contributed by atoms with Crippen LogP contribution in [-0.4, -0.2) is 28.9 Å². The van der Waals surface area contributed by atoms with Crippen LogP contribution in [0.25, 0.3) is 0 Å². The molecule has 2 aliphatic rings. The summed E-state index contributed by atoms with van der Waals surface area (Å²) in [6.07, 6.45) is 1.94. The minimum Gasteiger partial charge on any atom is -0.407 e. The second-order valence-corrected chi connectivity index (χ2v) is 15.5. The van der Waals surface area contributed by atoms with Gasteiger partial charge in [-0.2, -0.15) is 21.6 Å². The highest BCUT2D eigenvalue weighted by Gasteiger charge is 2.60. The molecule has 0 bridgehead atoms. The maximum atomic E-state index is 12.8. The molecule has 0 N–H and O–H groups in total. The normalized spacial score (nSPS) is 23.1. The molecule has 178 valence electrons. The number of alkyl halides is 3. The number of allylic oxidation sites excluding steroid dienone is 2. The Bertz CT molecular complexity index is 1090. The van der Waals surface area contributed by atoms with E-state index in [9.17, 15) is 21.6 Å². The number of halogens is 3. The number of rotatable bonds is 7. The van der Waals surface area contributed by atoms with Crippen LogP contribution in [0.1, 0.15) is 27.2 Å². The first-order valence-electron chi connectivity index (χ1n) is 10.8. The van der Waals surface area contributed by atoms with Crippen LogP contribution in [-0.2, 0) is 18.7 Å². The van der Waals surface area contributed by atoms with Crippen LogP contribution in [0.2, 0.25) is 5.04 Å². The Morgan fingerprint density at radius 2 is 1.45 bits per heavy atom.